The summed E-state index contributed by atoms with van der Waals surface area (Å²) in [7, 11) is 0. The van der Waals surface area contributed by atoms with Crippen molar-refractivity contribution in [2.45, 2.75) is 33.2 Å². The molecule has 1 aromatic carbocycles. The maximum absolute atomic E-state index is 14.0. The molecule has 96 valence electrons. The standard InChI is InChI=1S/C12H17BrF2N2/c1-4-12(2,3)11(17-16)9-8(14)6-5-7(13)10(9)15/h5-6,11,17H,4,16H2,1-3H3. The van der Waals surface area contributed by atoms with Crippen molar-refractivity contribution in [3.05, 3.63) is 33.8 Å². The van der Waals surface area contributed by atoms with Gasteiger partial charge in [-0.1, -0.05) is 20.8 Å². The van der Waals surface area contributed by atoms with Crippen LogP contribution in [-0.4, -0.2) is 0 Å². The first-order chi connectivity index (χ1) is 7.85. The highest BCUT2D eigenvalue weighted by Crippen LogP contribution is 2.39. The van der Waals surface area contributed by atoms with Crippen molar-refractivity contribution in [2.24, 2.45) is 11.3 Å². The Balaban J connectivity index is 3.35. The molecule has 1 aromatic rings. The second-order valence-corrected chi connectivity index (χ2v) is 5.55. The Hall–Kier alpha value is -0.520. The van der Waals surface area contributed by atoms with Gasteiger partial charge >= 0.3 is 0 Å². The summed E-state index contributed by atoms with van der Waals surface area (Å²) in [6.45, 7) is 5.78. The number of hydrazine groups is 1. The fourth-order valence-electron chi connectivity index (χ4n) is 1.71. The molecule has 0 aliphatic carbocycles. The molecule has 1 atom stereocenters. The fraction of sp³-hybridized carbons (Fsp3) is 0.500. The molecule has 0 heterocycles. The van der Waals surface area contributed by atoms with Crippen LogP contribution in [0.1, 0.15) is 38.8 Å². The number of nitrogens with two attached hydrogens (primary N) is 1. The minimum Gasteiger partial charge on any atom is -0.271 e. The Labute approximate surface area is 109 Å². The zero-order chi connectivity index (χ0) is 13.2. The lowest BCUT2D eigenvalue weighted by atomic mass is 9.78. The molecule has 0 aromatic heterocycles. The first-order valence-corrected chi connectivity index (χ1v) is 6.24. The molecule has 0 saturated carbocycles. The van der Waals surface area contributed by atoms with E-state index in [4.69, 9.17) is 5.84 Å². The van der Waals surface area contributed by atoms with E-state index in [-0.39, 0.29) is 15.5 Å². The van der Waals surface area contributed by atoms with Crippen LogP contribution < -0.4 is 11.3 Å². The van der Waals surface area contributed by atoms with Crippen molar-refractivity contribution in [3.8, 4) is 0 Å². The third kappa shape index (κ3) is 2.84. The molecule has 0 amide bonds. The quantitative estimate of drug-likeness (QED) is 0.506. The van der Waals surface area contributed by atoms with Gasteiger partial charge in [0, 0.05) is 5.56 Å². The molecule has 1 rings (SSSR count). The highest BCUT2D eigenvalue weighted by molar-refractivity contribution is 9.10. The average molecular weight is 307 g/mol. The van der Waals surface area contributed by atoms with Gasteiger partial charge < -0.3 is 0 Å². The van der Waals surface area contributed by atoms with E-state index in [2.05, 4.69) is 21.4 Å². The molecule has 0 aliphatic heterocycles. The third-order valence-electron chi connectivity index (χ3n) is 3.23. The van der Waals surface area contributed by atoms with Crippen LogP contribution in [-0.2, 0) is 0 Å². The van der Waals surface area contributed by atoms with E-state index in [1.54, 1.807) is 0 Å². The summed E-state index contributed by atoms with van der Waals surface area (Å²) >= 11 is 3.06. The Bertz CT molecular complexity index is 408. The van der Waals surface area contributed by atoms with Crippen LogP contribution >= 0.6 is 15.9 Å². The Morgan fingerprint density at radius 2 is 2.00 bits per heavy atom. The molecule has 0 fully saturated rings. The zero-order valence-electron chi connectivity index (χ0n) is 10.2. The SMILES string of the molecule is CCC(C)(C)C(NN)c1c(F)ccc(Br)c1F. The van der Waals surface area contributed by atoms with Crippen LogP contribution in [0.4, 0.5) is 8.78 Å². The van der Waals surface area contributed by atoms with Gasteiger partial charge in [-0.15, -0.1) is 0 Å². The molecule has 1 unspecified atom stereocenters. The third-order valence-corrected chi connectivity index (χ3v) is 3.84. The minimum atomic E-state index is -0.602. The largest absolute Gasteiger partial charge is 0.271 e. The summed E-state index contributed by atoms with van der Waals surface area (Å²) in [5.74, 6) is 4.27. The van der Waals surface area contributed by atoms with Crippen molar-refractivity contribution in [1.29, 1.82) is 0 Å². The maximum Gasteiger partial charge on any atom is 0.145 e. The van der Waals surface area contributed by atoms with Gasteiger partial charge in [0.2, 0.25) is 0 Å². The normalized spacial score (nSPS) is 13.8. The Morgan fingerprint density at radius 1 is 1.41 bits per heavy atom. The zero-order valence-corrected chi connectivity index (χ0v) is 11.7. The van der Waals surface area contributed by atoms with Gasteiger partial charge in [-0.3, -0.25) is 11.3 Å². The van der Waals surface area contributed by atoms with E-state index >= 15 is 0 Å². The van der Waals surface area contributed by atoms with Gasteiger partial charge in [0.15, 0.2) is 0 Å². The predicted octanol–water partition coefficient (Wildman–Crippen LogP) is 3.67. The van der Waals surface area contributed by atoms with Crippen LogP contribution in [0.5, 0.6) is 0 Å². The van der Waals surface area contributed by atoms with Crippen LogP contribution in [0, 0.1) is 17.0 Å². The Kier molecular flexibility index (Phi) is 4.63. The average Bonchev–Trinajstić information content (AvgIpc) is 2.29. The minimum absolute atomic E-state index is 0.0197. The molecular formula is C12H17BrF2N2. The predicted molar refractivity (Wildman–Crippen MR) is 68.2 cm³/mol. The number of hydrogen-bond donors (Lipinski definition) is 2. The topological polar surface area (TPSA) is 38.0 Å². The summed E-state index contributed by atoms with van der Waals surface area (Å²) in [5, 5.41) is 0. The number of hydrogen-bond acceptors (Lipinski definition) is 2. The smallest absolute Gasteiger partial charge is 0.145 e. The van der Waals surface area contributed by atoms with Gasteiger partial charge in [0.1, 0.15) is 11.6 Å². The molecule has 0 bridgehead atoms. The lowest BCUT2D eigenvalue weighted by Gasteiger charge is -2.33. The summed E-state index contributed by atoms with van der Waals surface area (Å²) in [6, 6.07) is 2.00. The number of nitrogens with one attached hydrogen (secondary N) is 1. The summed E-state index contributed by atoms with van der Waals surface area (Å²) < 4.78 is 28.0. The second-order valence-electron chi connectivity index (χ2n) is 4.70. The fourth-order valence-corrected chi connectivity index (χ4v) is 2.06. The van der Waals surface area contributed by atoms with Crippen molar-refractivity contribution < 1.29 is 8.78 Å². The first-order valence-electron chi connectivity index (χ1n) is 5.44. The van der Waals surface area contributed by atoms with E-state index in [0.29, 0.717) is 0 Å². The number of benzene rings is 1. The molecule has 0 saturated heterocycles. The highest BCUT2D eigenvalue weighted by Gasteiger charge is 2.33. The van der Waals surface area contributed by atoms with E-state index in [1.165, 1.54) is 12.1 Å². The summed E-state index contributed by atoms with van der Waals surface area (Å²) in [6.07, 6.45) is 0.743. The molecule has 3 N–H and O–H groups in total. The highest BCUT2D eigenvalue weighted by atomic mass is 79.9. The van der Waals surface area contributed by atoms with Crippen molar-refractivity contribution in [3.63, 3.8) is 0 Å². The van der Waals surface area contributed by atoms with E-state index in [0.717, 1.165) is 6.42 Å². The van der Waals surface area contributed by atoms with Crippen molar-refractivity contribution in [1.82, 2.24) is 5.43 Å². The lowest BCUT2D eigenvalue weighted by molar-refractivity contribution is 0.225. The molecule has 0 radical (unpaired) electrons. The van der Waals surface area contributed by atoms with Gasteiger partial charge in [-0.2, -0.15) is 0 Å². The number of rotatable bonds is 4. The summed E-state index contributed by atoms with van der Waals surface area (Å²) in [4.78, 5) is 0. The van der Waals surface area contributed by atoms with Gasteiger partial charge in [0.25, 0.3) is 0 Å². The van der Waals surface area contributed by atoms with E-state index < -0.39 is 17.7 Å². The van der Waals surface area contributed by atoms with Crippen molar-refractivity contribution in [2.75, 3.05) is 0 Å². The number of halogens is 3. The maximum atomic E-state index is 14.0. The molecular weight excluding hydrogens is 290 g/mol. The monoisotopic (exact) mass is 306 g/mol. The van der Waals surface area contributed by atoms with Gasteiger partial charge in [0.05, 0.1) is 10.5 Å². The summed E-state index contributed by atoms with van der Waals surface area (Å²) in [5.41, 5.74) is 2.15. The first kappa shape index (κ1) is 14.5. The van der Waals surface area contributed by atoms with Gasteiger partial charge in [-0.25, -0.2) is 8.78 Å². The second kappa shape index (κ2) is 5.42. The molecule has 2 nitrogen and oxygen atoms in total. The molecule has 17 heavy (non-hydrogen) atoms. The molecule has 0 aliphatic rings. The van der Waals surface area contributed by atoms with Crippen LogP contribution in [0.25, 0.3) is 0 Å². The lowest BCUT2D eigenvalue weighted by Crippen LogP contribution is -2.39. The van der Waals surface area contributed by atoms with Crippen LogP contribution in [0.3, 0.4) is 0 Å². The van der Waals surface area contributed by atoms with E-state index in [9.17, 15) is 8.78 Å². The van der Waals surface area contributed by atoms with Gasteiger partial charge in [-0.05, 0) is 39.9 Å². The Morgan fingerprint density at radius 3 is 2.47 bits per heavy atom. The van der Waals surface area contributed by atoms with E-state index in [1.807, 2.05) is 20.8 Å². The molecule has 0 spiro atoms. The van der Waals surface area contributed by atoms with Crippen LogP contribution in [0.2, 0.25) is 0 Å². The molecule has 5 heteroatoms. The van der Waals surface area contributed by atoms with Crippen molar-refractivity contribution >= 4 is 15.9 Å². The van der Waals surface area contributed by atoms with Crippen LogP contribution in [0.15, 0.2) is 16.6 Å².